The van der Waals surface area contributed by atoms with E-state index in [1.807, 2.05) is 18.2 Å². The molecule has 2 aliphatic heterocycles. The lowest BCUT2D eigenvalue weighted by atomic mass is 9.97. The van der Waals surface area contributed by atoms with Crippen molar-refractivity contribution < 1.29 is 9.90 Å². The monoisotopic (exact) mass is 559 g/mol. The van der Waals surface area contributed by atoms with E-state index in [9.17, 15) is 9.90 Å². The molecule has 2 fully saturated rings. The number of nitrogens with one attached hydrogen (secondary N) is 1. The molecule has 1 amide bonds. The van der Waals surface area contributed by atoms with Gasteiger partial charge in [0.05, 0.1) is 30.0 Å². The Labute approximate surface area is 240 Å². The van der Waals surface area contributed by atoms with E-state index < -0.39 is 0 Å². The summed E-state index contributed by atoms with van der Waals surface area (Å²) in [6, 6.07) is 14.7. The Kier molecular flexibility index (Phi) is 6.20. The Hall–Kier alpha value is -5.77. The van der Waals surface area contributed by atoms with Crippen LogP contribution in [-0.2, 0) is 0 Å². The second-order valence-electron chi connectivity index (χ2n) is 9.96. The van der Waals surface area contributed by atoms with Gasteiger partial charge in [-0.15, -0.1) is 10.2 Å². The van der Waals surface area contributed by atoms with E-state index in [4.69, 9.17) is 5.73 Å². The van der Waals surface area contributed by atoms with Gasteiger partial charge >= 0.3 is 0 Å². The minimum absolute atomic E-state index is 0.126. The molecule has 4 aromatic heterocycles. The number of hydrogen-bond donors (Lipinski definition) is 3. The lowest BCUT2D eigenvalue weighted by molar-refractivity contribution is 0.0953. The summed E-state index contributed by atoms with van der Waals surface area (Å²) in [5.41, 5.74) is 9.11. The van der Waals surface area contributed by atoms with Gasteiger partial charge in [-0.25, -0.2) is 19.5 Å². The summed E-state index contributed by atoms with van der Waals surface area (Å²) in [4.78, 5) is 30.0. The number of para-hydroxylation sites is 1. The number of phenolic OH excluding ortho intramolecular Hbond substituents is 1. The highest BCUT2D eigenvalue weighted by Gasteiger charge is 2.48. The van der Waals surface area contributed by atoms with E-state index in [0.29, 0.717) is 28.5 Å². The Morgan fingerprint density at radius 1 is 1.07 bits per heavy atom. The number of anilines is 3. The number of benzene rings is 1. The van der Waals surface area contributed by atoms with Crippen molar-refractivity contribution in [1.29, 1.82) is 0 Å². The van der Waals surface area contributed by atoms with Crippen molar-refractivity contribution in [2.45, 2.75) is 18.5 Å². The summed E-state index contributed by atoms with van der Waals surface area (Å²) in [5.74, 6) is 7.20. The molecule has 0 bridgehead atoms. The molecule has 0 unspecified atom stereocenters. The van der Waals surface area contributed by atoms with Crippen molar-refractivity contribution >= 4 is 28.9 Å². The summed E-state index contributed by atoms with van der Waals surface area (Å²) < 4.78 is 1.54. The van der Waals surface area contributed by atoms with Crippen LogP contribution in [0, 0.1) is 11.8 Å². The molecule has 6 heterocycles. The van der Waals surface area contributed by atoms with Crippen LogP contribution in [0.4, 0.5) is 17.3 Å². The molecule has 2 atom stereocenters. The molecule has 208 valence electrons. The fraction of sp³-hybridized carbons (Fsp3) is 0.207. The van der Waals surface area contributed by atoms with E-state index in [2.05, 4.69) is 57.2 Å². The number of amides is 1. The first-order valence-corrected chi connectivity index (χ1v) is 13.4. The fourth-order valence-corrected chi connectivity index (χ4v) is 5.47. The van der Waals surface area contributed by atoms with Crippen LogP contribution in [0.1, 0.15) is 22.7 Å². The molecule has 2 saturated heterocycles. The number of hydrogen-bond acceptors (Lipinski definition) is 11. The van der Waals surface area contributed by atoms with Gasteiger partial charge in [0.25, 0.3) is 5.91 Å². The number of carbonyl (C=O) groups excluding carboxylic acids is 1. The zero-order valence-electron chi connectivity index (χ0n) is 22.3. The van der Waals surface area contributed by atoms with Gasteiger partial charge in [0.2, 0.25) is 5.82 Å². The van der Waals surface area contributed by atoms with E-state index >= 15 is 0 Å². The fourth-order valence-electron chi connectivity index (χ4n) is 5.47. The summed E-state index contributed by atoms with van der Waals surface area (Å²) in [6.07, 6.45) is 5.99. The molecule has 2 aliphatic rings. The molecule has 5 aromatic rings. The Bertz CT molecular complexity index is 1850. The molecule has 0 radical (unpaired) electrons. The molecule has 4 N–H and O–H groups in total. The first-order chi connectivity index (χ1) is 20.5. The summed E-state index contributed by atoms with van der Waals surface area (Å²) >= 11 is 0. The first kappa shape index (κ1) is 25.2. The molecule has 0 saturated carbocycles. The Balaban J connectivity index is 1.00. The second kappa shape index (κ2) is 10.3. The predicted molar refractivity (Wildman–Crippen MR) is 155 cm³/mol. The van der Waals surface area contributed by atoms with Crippen LogP contribution in [-0.4, -0.2) is 77.5 Å². The Morgan fingerprint density at radius 3 is 2.86 bits per heavy atom. The molecule has 13 heteroatoms. The minimum atomic E-state index is -0.334. The first-order valence-electron chi connectivity index (χ1n) is 13.4. The third-order valence-electron chi connectivity index (χ3n) is 7.53. The molecule has 42 heavy (non-hydrogen) atoms. The minimum Gasteiger partial charge on any atom is -0.507 e. The topological polar surface area (TPSA) is 164 Å². The maximum atomic E-state index is 12.4. The maximum Gasteiger partial charge on any atom is 0.272 e. The maximum absolute atomic E-state index is 12.4. The van der Waals surface area contributed by atoms with Crippen molar-refractivity contribution in [3.05, 3.63) is 78.6 Å². The highest BCUT2D eigenvalue weighted by atomic mass is 16.3. The summed E-state index contributed by atoms with van der Waals surface area (Å²) in [7, 11) is 0. The molecular weight excluding hydrogens is 534 g/mol. The molecule has 1 aromatic carbocycles. The molecular formula is C29H25N11O2. The molecule has 13 nitrogen and oxygen atoms in total. The summed E-state index contributed by atoms with van der Waals surface area (Å²) in [6.45, 7) is 1.69. The zero-order valence-corrected chi connectivity index (χ0v) is 22.3. The number of nitrogens with zero attached hydrogens (tertiary/aromatic N) is 9. The van der Waals surface area contributed by atoms with Crippen LogP contribution in [0.2, 0.25) is 0 Å². The average Bonchev–Trinajstić information content (AvgIpc) is 3.57. The van der Waals surface area contributed by atoms with Crippen LogP contribution in [0.25, 0.3) is 16.9 Å². The van der Waals surface area contributed by atoms with Gasteiger partial charge in [0.15, 0.2) is 17.2 Å². The molecule has 0 aliphatic carbocycles. The zero-order chi connectivity index (χ0) is 28.6. The van der Waals surface area contributed by atoms with Crippen LogP contribution in [0.15, 0.2) is 67.1 Å². The third-order valence-corrected chi connectivity index (χ3v) is 7.53. The lowest BCUT2D eigenvalue weighted by Crippen LogP contribution is -2.62. The second-order valence-corrected chi connectivity index (χ2v) is 9.96. The normalized spacial score (nSPS) is 17.3. The van der Waals surface area contributed by atoms with E-state index in [0.717, 1.165) is 31.0 Å². The number of rotatable bonds is 5. The number of carbonyl (C=O) groups is 1. The highest BCUT2D eigenvalue weighted by Crippen LogP contribution is 2.40. The number of fused-ring (bicyclic) bond motifs is 2. The average molecular weight is 560 g/mol. The smallest absolute Gasteiger partial charge is 0.272 e. The van der Waals surface area contributed by atoms with E-state index in [-0.39, 0.29) is 36.0 Å². The van der Waals surface area contributed by atoms with Crippen LogP contribution >= 0.6 is 0 Å². The van der Waals surface area contributed by atoms with Gasteiger partial charge in [0, 0.05) is 43.3 Å². The van der Waals surface area contributed by atoms with E-state index in [1.165, 1.54) is 0 Å². The van der Waals surface area contributed by atoms with Crippen molar-refractivity contribution in [1.82, 2.24) is 40.1 Å². The SMILES string of the molecule is Nc1nnc(-c2ccccc2O)cc1N1CC[C@@H]2[C@H]1CN2c1ccnc(C#CCNC(=O)c2cc3ncccn3n2)n1. The van der Waals surface area contributed by atoms with Crippen LogP contribution < -0.4 is 20.9 Å². The van der Waals surface area contributed by atoms with Crippen LogP contribution in [0.3, 0.4) is 0 Å². The van der Waals surface area contributed by atoms with Gasteiger partial charge in [-0.3, -0.25) is 4.79 Å². The molecule has 0 spiro atoms. The van der Waals surface area contributed by atoms with Crippen molar-refractivity contribution in [3.63, 3.8) is 0 Å². The van der Waals surface area contributed by atoms with Gasteiger partial charge < -0.3 is 26.0 Å². The lowest BCUT2D eigenvalue weighted by Gasteiger charge is -2.48. The predicted octanol–water partition coefficient (Wildman–Crippen LogP) is 1.51. The van der Waals surface area contributed by atoms with Gasteiger partial charge in [-0.1, -0.05) is 18.1 Å². The largest absolute Gasteiger partial charge is 0.507 e. The number of nitrogens with two attached hydrogens (primary N) is 1. The Morgan fingerprint density at radius 2 is 1.98 bits per heavy atom. The van der Waals surface area contributed by atoms with Gasteiger partial charge in [-0.2, -0.15) is 5.10 Å². The van der Waals surface area contributed by atoms with Gasteiger partial charge in [0.1, 0.15) is 11.6 Å². The molecule has 7 rings (SSSR count). The highest BCUT2D eigenvalue weighted by molar-refractivity contribution is 5.93. The quantitative estimate of drug-likeness (QED) is 0.268. The van der Waals surface area contributed by atoms with E-state index in [1.54, 1.807) is 53.4 Å². The van der Waals surface area contributed by atoms with Gasteiger partial charge in [-0.05, 0) is 42.7 Å². The van der Waals surface area contributed by atoms with Crippen LogP contribution in [0.5, 0.6) is 5.75 Å². The van der Waals surface area contributed by atoms with Crippen molar-refractivity contribution in [2.24, 2.45) is 0 Å². The number of phenols is 1. The number of aromatic hydroxyl groups is 1. The van der Waals surface area contributed by atoms with Crippen molar-refractivity contribution in [2.75, 3.05) is 35.2 Å². The number of nitrogen functional groups attached to an aromatic ring is 1. The third kappa shape index (κ3) is 4.54. The number of aromatic nitrogens is 7. The summed E-state index contributed by atoms with van der Waals surface area (Å²) in [5, 5.41) is 25.6. The standard InChI is InChI=1S/C29H25N11O2/c30-28-22(15-19(35-36-28)18-5-1-2-6-24(18)41)38-14-9-21-23(38)17-39(21)26-8-12-31-25(34-26)7-3-10-33-29(42)20-16-27-32-11-4-13-40(27)37-20/h1-2,4-6,8,11-13,15-16,21,23,41H,9-10,14,17H2,(H2,30,36)(H,33,42)/t21-,23-/m1/s1. The van der Waals surface area contributed by atoms with Crippen molar-refractivity contribution in [3.8, 4) is 28.8 Å².